The van der Waals surface area contributed by atoms with Crippen LogP contribution in [0.25, 0.3) is 0 Å². The van der Waals surface area contributed by atoms with Gasteiger partial charge in [-0.1, -0.05) is 27.7 Å². The molecule has 4 saturated carbocycles. The second kappa shape index (κ2) is 8.58. The van der Waals surface area contributed by atoms with E-state index in [1.54, 1.807) is 6.26 Å². The molecule has 6 aliphatic rings. The van der Waals surface area contributed by atoms with Gasteiger partial charge in [-0.25, -0.2) is 0 Å². The van der Waals surface area contributed by atoms with Crippen molar-refractivity contribution < 1.29 is 9.15 Å². The van der Waals surface area contributed by atoms with Crippen LogP contribution in [0.1, 0.15) is 97.7 Å². The first kappa shape index (κ1) is 24.2. The predicted molar refractivity (Wildman–Crippen MR) is 143 cm³/mol. The number of furan rings is 1. The van der Waals surface area contributed by atoms with Crippen LogP contribution >= 0.6 is 0 Å². The zero-order valence-corrected chi connectivity index (χ0v) is 23.2. The summed E-state index contributed by atoms with van der Waals surface area (Å²) in [5.41, 5.74) is 0.987. The summed E-state index contributed by atoms with van der Waals surface area (Å²) in [5, 5.41) is 7.76. The third-order valence-corrected chi connectivity index (χ3v) is 13.3. The van der Waals surface area contributed by atoms with E-state index in [-0.39, 0.29) is 5.72 Å². The van der Waals surface area contributed by atoms with Gasteiger partial charge in [-0.2, -0.15) is 0 Å². The number of ether oxygens (including phenoxy) is 1. The summed E-state index contributed by atoms with van der Waals surface area (Å²) < 4.78 is 12.7. The molecule has 1 aromatic rings. The Kier molecular flexibility index (Phi) is 5.77. The van der Waals surface area contributed by atoms with E-state index in [9.17, 15) is 0 Å². The Morgan fingerprint density at radius 2 is 1.83 bits per heavy atom. The first-order valence-corrected chi connectivity index (χ1v) is 15.5. The van der Waals surface area contributed by atoms with Gasteiger partial charge < -0.3 is 14.5 Å². The molecule has 0 radical (unpaired) electrons. The lowest BCUT2D eigenvalue weighted by atomic mass is 9.44. The molecule has 1 spiro atoms. The van der Waals surface area contributed by atoms with Gasteiger partial charge in [0.15, 0.2) is 0 Å². The second-order valence-corrected chi connectivity index (χ2v) is 14.8. The fourth-order valence-electron chi connectivity index (χ4n) is 11.3. The number of hydrogen-bond acceptors (Lipinski definition) is 4. The van der Waals surface area contributed by atoms with Crippen molar-refractivity contribution in [2.45, 2.75) is 116 Å². The van der Waals surface area contributed by atoms with Crippen molar-refractivity contribution >= 4 is 0 Å². The van der Waals surface area contributed by atoms with E-state index in [0.29, 0.717) is 28.9 Å². The Balaban J connectivity index is 1.05. The summed E-state index contributed by atoms with van der Waals surface area (Å²) >= 11 is 0. The van der Waals surface area contributed by atoms with E-state index in [1.165, 1.54) is 64.2 Å². The van der Waals surface area contributed by atoms with Gasteiger partial charge in [0.05, 0.1) is 18.9 Å². The Labute approximate surface area is 219 Å². The molecule has 0 bridgehead atoms. The van der Waals surface area contributed by atoms with Gasteiger partial charge in [0, 0.05) is 18.5 Å². The molecule has 6 fully saturated rings. The molecule has 4 heteroatoms. The van der Waals surface area contributed by atoms with Gasteiger partial charge in [-0.3, -0.25) is 5.32 Å². The van der Waals surface area contributed by atoms with Crippen LogP contribution in [0.15, 0.2) is 22.8 Å². The molecule has 1 aromatic heterocycles. The Morgan fingerprint density at radius 1 is 0.972 bits per heavy atom. The molecule has 3 heterocycles. The Morgan fingerprint density at radius 3 is 2.61 bits per heavy atom. The summed E-state index contributed by atoms with van der Waals surface area (Å²) in [7, 11) is 0. The highest BCUT2D eigenvalue weighted by Crippen LogP contribution is 2.71. The highest BCUT2D eigenvalue weighted by atomic mass is 16.5. The minimum absolute atomic E-state index is 0.0304. The van der Waals surface area contributed by atoms with Crippen molar-refractivity contribution in [2.24, 2.45) is 52.3 Å². The van der Waals surface area contributed by atoms with Gasteiger partial charge >= 0.3 is 0 Å². The van der Waals surface area contributed by atoms with E-state index < -0.39 is 0 Å². The molecule has 200 valence electrons. The molecule has 4 aliphatic carbocycles. The molecule has 12 atom stereocenters. The van der Waals surface area contributed by atoms with Gasteiger partial charge in [0.2, 0.25) is 0 Å². The predicted octanol–water partition coefficient (Wildman–Crippen LogP) is 6.76. The van der Waals surface area contributed by atoms with Crippen molar-refractivity contribution in [1.82, 2.24) is 10.6 Å². The molecule has 2 aliphatic heterocycles. The zero-order valence-electron chi connectivity index (χ0n) is 23.2. The fourth-order valence-corrected chi connectivity index (χ4v) is 11.3. The van der Waals surface area contributed by atoms with E-state index in [2.05, 4.69) is 44.4 Å². The van der Waals surface area contributed by atoms with Gasteiger partial charge in [0.25, 0.3) is 0 Å². The third-order valence-electron chi connectivity index (χ3n) is 13.3. The van der Waals surface area contributed by atoms with Crippen molar-refractivity contribution in [3.05, 3.63) is 24.2 Å². The van der Waals surface area contributed by atoms with Crippen LogP contribution in [-0.2, 0) is 11.3 Å². The normalized spacial score (nSPS) is 54.1. The first-order chi connectivity index (χ1) is 17.3. The largest absolute Gasteiger partial charge is 0.468 e. The lowest BCUT2D eigenvalue weighted by molar-refractivity contribution is -0.134. The minimum atomic E-state index is -0.0304. The summed E-state index contributed by atoms with van der Waals surface area (Å²) in [6, 6.07) is 4.75. The maximum atomic E-state index is 7.09. The Bertz CT molecular complexity index is 938. The third kappa shape index (κ3) is 3.49. The zero-order chi connectivity index (χ0) is 24.7. The molecular formula is C32H50N2O2. The average molecular weight is 495 g/mol. The molecular weight excluding hydrogens is 444 g/mol. The number of fused-ring (bicyclic) bond motifs is 7. The van der Waals surface area contributed by atoms with Crippen molar-refractivity contribution in [1.29, 1.82) is 0 Å². The van der Waals surface area contributed by atoms with Gasteiger partial charge in [0.1, 0.15) is 11.5 Å². The summed E-state index contributed by atoms with van der Waals surface area (Å²) in [6.45, 7) is 12.3. The summed E-state index contributed by atoms with van der Waals surface area (Å²) in [4.78, 5) is 0. The standard InChI is InChI=1S/C32H50N2O2/c1-20-9-14-32(34-18-20)21(2)29-28(36-32)17-27-25-8-7-22-16-23(33-19-24-6-5-15-35-24)10-12-30(22,3)26(25)11-13-31(27,29)4/h5-6,15,20-23,25-29,33-34H,7-14,16-19H2,1-4H3/t20-,21-,22-,23?,25+,26-,27-,28-,29-,30-,31-,32-/m0/s1. The second-order valence-electron chi connectivity index (χ2n) is 14.8. The topological polar surface area (TPSA) is 46.4 Å². The van der Waals surface area contributed by atoms with Gasteiger partial charge in [-0.15, -0.1) is 0 Å². The summed E-state index contributed by atoms with van der Waals surface area (Å²) in [6.07, 6.45) is 16.0. The van der Waals surface area contributed by atoms with E-state index >= 15 is 0 Å². The number of piperidine rings is 1. The Hall–Kier alpha value is -0.840. The lowest BCUT2D eigenvalue weighted by Gasteiger charge is -2.61. The van der Waals surface area contributed by atoms with Crippen LogP contribution < -0.4 is 10.6 Å². The number of hydrogen-bond donors (Lipinski definition) is 2. The van der Waals surface area contributed by atoms with Crippen molar-refractivity contribution in [2.75, 3.05) is 6.54 Å². The first-order valence-electron chi connectivity index (χ1n) is 15.5. The smallest absolute Gasteiger partial charge is 0.122 e. The molecule has 7 rings (SSSR count). The van der Waals surface area contributed by atoms with Crippen LogP contribution in [0.2, 0.25) is 0 Å². The van der Waals surface area contributed by atoms with Crippen LogP contribution in [-0.4, -0.2) is 24.4 Å². The highest BCUT2D eigenvalue weighted by Gasteiger charge is 2.68. The van der Waals surface area contributed by atoms with Crippen molar-refractivity contribution in [3.63, 3.8) is 0 Å². The molecule has 2 N–H and O–H groups in total. The van der Waals surface area contributed by atoms with E-state index in [4.69, 9.17) is 9.15 Å². The van der Waals surface area contributed by atoms with Gasteiger partial charge in [-0.05, 0) is 123 Å². The van der Waals surface area contributed by atoms with Crippen molar-refractivity contribution in [3.8, 4) is 0 Å². The fraction of sp³-hybridized carbons (Fsp3) is 0.875. The maximum absolute atomic E-state index is 7.09. The maximum Gasteiger partial charge on any atom is 0.122 e. The molecule has 2 saturated heterocycles. The molecule has 0 amide bonds. The molecule has 1 unspecified atom stereocenters. The average Bonchev–Trinajstić information content (AvgIpc) is 3.55. The quantitative estimate of drug-likeness (QED) is 0.487. The molecule has 4 nitrogen and oxygen atoms in total. The van der Waals surface area contributed by atoms with Crippen LogP contribution in [0.4, 0.5) is 0 Å². The molecule has 36 heavy (non-hydrogen) atoms. The number of nitrogens with one attached hydrogen (secondary N) is 2. The minimum Gasteiger partial charge on any atom is -0.468 e. The van der Waals surface area contributed by atoms with E-state index in [0.717, 1.165) is 54.4 Å². The lowest BCUT2D eigenvalue weighted by Crippen LogP contribution is -2.58. The van der Waals surface area contributed by atoms with Crippen LogP contribution in [0, 0.1) is 52.3 Å². The summed E-state index contributed by atoms with van der Waals surface area (Å²) in [5.74, 6) is 6.87. The van der Waals surface area contributed by atoms with E-state index in [1.807, 2.05) is 6.07 Å². The van der Waals surface area contributed by atoms with Crippen LogP contribution in [0.5, 0.6) is 0 Å². The SMILES string of the molecule is C[C@H]1CC[C@]2(NC1)O[C@H]1C[C@H]3[C@@H]4CC[C@H]5CC(NCc6ccco6)CC[C@]5(C)[C@H]4CC[C@]3(C)[C@H]1[C@@H]2C. The monoisotopic (exact) mass is 494 g/mol. The van der Waals surface area contributed by atoms with Crippen LogP contribution in [0.3, 0.4) is 0 Å². The number of rotatable bonds is 3. The highest BCUT2D eigenvalue weighted by molar-refractivity contribution is 5.16. The molecule has 0 aromatic carbocycles.